The molecule has 0 bridgehead atoms. The zero-order valence-corrected chi connectivity index (χ0v) is 18.1. The van der Waals surface area contributed by atoms with Crippen LogP contribution in [0.5, 0.6) is 5.75 Å². The summed E-state index contributed by atoms with van der Waals surface area (Å²) in [6, 6.07) is 14.6. The molecule has 2 aromatic carbocycles. The number of likely N-dealkylation sites (tertiary alicyclic amines) is 1. The normalized spacial score (nSPS) is 14.1. The number of aliphatic carboxylic acids is 1. The molecule has 4 rings (SSSR count). The minimum atomic E-state index is -0.741. The monoisotopic (exact) mass is 455 g/mol. The maximum atomic E-state index is 12.4. The molecule has 2 N–H and O–H groups in total. The molecule has 0 spiro atoms. The first-order valence-electron chi connectivity index (χ1n) is 10.0. The molecule has 1 aliphatic rings. The summed E-state index contributed by atoms with van der Waals surface area (Å²) in [7, 11) is 1.54. The van der Waals surface area contributed by atoms with Gasteiger partial charge >= 0.3 is 5.97 Å². The molecule has 1 amide bonds. The fourth-order valence-electron chi connectivity index (χ4n) is 3.50. The van der Waals surface area contributed by atoms with E-state index in [1.54, 1.807) is 25.3 Å². The first-order valence-corrected chi connectivity index (χ1v) is 10.4. The number of hydrogen-bond donors (Lipinski definition) is 2. The van der Waals surface area contributed by atoms with E-state index in [1.165, 1.54) is 0 Å². The highest BCUT2D eigenvalue weighted by molar-refractivity contribution is 6.32. The number of hydrogen-bond acceptors (Lipinski definition) is 6. The highest BCUT2D eigenvalue weighted by Gasteiger charge is 2.32. The molecule has 166 valence electrons. The summed E-state index contributed by atoms with van der Waals surface area (Å²) < 4.78 is 10.5. The fourth-order valence-corrected chi connectivity index (χ4v) is 3.78. The average molecular weight is 456 g/mol. The molecule has 8 nitrogen and oxygen atoms in total. The molecular formula is C23H22ClN3O5. The van der Waals surface area contributed by atoms with Gasteiger partial charge in [-0.3, -0.25) is 14.5 Å². The number of ether oxygens (including phenoxy) is 1. The van der Waals surface area contributed by atoms with E-state index in [1.807, 2.05) is 30.3 Å². The maximum absolute atomic E-state index is 12.4. The summed E-state index contributed by atoms with van der Waals surface area (Å²) in [4.78, 5) is 25.4. The van der Waals surface area contributed by atoms with E-state index in [0.29, 0.717) is 42.7 Å². The first-order chi connectivity index (χ1) is 15.4. The summed E-state index contributed by atoms with van der Waals surface area (Å²) >= 11 is 6.11. The molecule has 1 aromatic heterocycles. The number of nitrogens with one attached hydrogen (secondary N) is 1. The lowest BCUT2D eigenvalue weighted by molar-refractivity contribution is -0.147. The molecule has 0 aliphatic carbocycles. The van der Waals surface area contributed by atoms with E-state index >= 15 is 0 Å². The van der Waals surface area contributed by atoms with Gasteiger partial charge in [-0.05, 0) is 23.3 Å². The van der Waals surface area contributed by atoms with Gasteiger partial charge in [-0.1, -0.05) is 47.1 Å². The lowest BCUT2D eigenvalue weighted by Gasteiger charge is -2.36. The Labute approximate surface area is 189 Å². The molecule has 1 aliphatic heterocycles. The van der Waals surface area contributed by atoms with E-state index in [4.69, 9.17) is 26.0 Å². The van der Waals surface area contributed by atoms with Crippen molar-refractivity contribution in [3.63, 3.8) is 0 Å². The van der Waals surface area contributed by atoms with Crippen molar-refractivity contribution in [1.82, 2.24) is 15.4 Å². The van der Waals surface area contributed by atoms with Crippen LogP contribution < -0.4 is 10.1 Å². The van der Waals surface area contributed by atoms with Crippen molar-refractivity contribution in [3.8, 4) is 17.1 Å². The Kier molecular flexibility index (Phi) is 6.43. The lowest BCUT2D eigenvalue weighted by atomic mass is 9.99. The quantitative estimate of drug-likeness (QED) is 0.536. The van der Waals surface area contributed by atoms with E-state index in [9.17, 15) is 9.59 Å². The molecule has 1 saturated heterocycles. The Bertz CT molecular complexity index is 1120. The number of benzene rings is 2. The number of nitrogens with zero attached hydrogens (tertiary/aromatic N) is 2. The molecule has 0 unspecified atom stereocenters. The number of carboxylic acid groups (broad SMARTS) is 1. The molecule has 32 heavy (non-hydrogen) atoms. The lowest BCUT2D eigenvalue weighted by Crippen LogP contribution is -2.49. The minimum absolute atomic E-state index is 0.184. The van der Waals surface area contributed by atoms with Gasteiger partial charge in [0, 0.05) is 37.8 Å². The number of methoxy groups -OCH3 is 1. The van der Waals surface area contributed by atoms with Gasteiger partial charge in [0.05, 0.1) is 18.1 Å². The van der Waals surface area contributed by atoms with Crippen molar-refractivity contribution in [3.05, 3.63) is 70.4 Å². The molecule has 3 aromatic rings. The third kappa shape index (κ3) is 4.92. The van der Waals surface area contributed by atoms with Crippen molar-refractivity contribution < 1.29 is 24.0 Å². The average Bonchev–Trinajstić information content (AvgIpc) is 3.25. The fraction of sp³-hybridized carbons (Fsp3) is 0.261. The summed E-state index contributed by atoms with van der Waals surface area (Å²) in [5.41, 5.74) is 2.90. The maximum Gasteiger partial charge on any atom is 0.309 e. The Balaban J connectivity index is 1.32. The molecule has 0 radical (unpaired) electrons. The number of rotatable bonds is 8. The summed E-state index contributed by atoms with van der Waals surface area (Å²) in [5.74, 6) is -0.300. The van der Waals surface area contributed by atoms with Crippen LogP contribution in [0.1, 0.15) is 21.6 Å². The third-order valence-electron chi connectivity index (χ3n) is 5.36. The van der Waals surface area contributed by atoms with Crippen molar-refractivity contribution in [2.45, 2.75) is 13.1 Å². The second-order valence-electron chi connectivity index (χ2n) is 7.65. The smallest absolute Gasteiger partial charge is 0.309 e. The first kappa shape index (κ1) is 21.9. The van der Waals surface area contributed by atoms with Gasteiger partial charge in [-0.2, -0.15) is 0 Å². The standard InChI is InChI=1S/C23H22ClN3O5/c1-31-20-7-4-15(8-18(20)24)10-25-22(28)19-9-21(32-26-19)16-5-2-14(3-6-16)11-27-12-17(13-27)23(29)30/h2-9,17H,10-13H2,1H3,(H,25,28)(H,29,30). The molecule has 1 fully saturated rings. The van der Waals surface area contributed by atoms with Crippen LogP contribution >= 0.6 is 11.6 Å². The van der Waals surface area contributed by atoms with Gasteiger partial charge in [-0.15, -0.1) is 0 Å². The van der Waals surface area contributed by atoms with Crippen LogP contribution in [0.2, 0.25) is 5.02 Å². The van der Waals surface area contributed by atoms with Gasteiger partial charge in [0.1, 0.15) is 5.75 Å². The number of halogens is 1. The number of amides is 1. The van der Waals surface area contributed by atoms with Crippen molar-refractivity contribution in [2.75, 3.05) is 20.2 Å². The molecule has 9 heteroatoms. The number of aromatic nitrogens is 1. The van der Waals surface area contributed by atoms with Crippen LogP contribution in [0, 0.1) is 5.92 Å². The van der Waals surface area contributed by atoms with Crippen LogP contribution in [0.3, 0.4) is 0 Å². The van der Waals surface area contributed by atoms with Crippen LogP contribution in [0.15, 0.2) is 53.1 Å². The minimum Gasteiger partial charge on any atom is -0.495 e. The van der Waals surface area contributed by atoms with Gasteiger partial charge in [0.2, 0.25) is 0 Å². The van der Waals surface area contributed by atoms with Crippen molar-refractivity contribution in [1.29, 1.82) is 0 Å². The summed E-state index contributed by atoms with van der Waals surface area (Å²) in [6.45, 7) is 2.13. The molecular weight excluding hydrogens is 434 g/mol. The Morgan fingerprint density at radius 3 is 2.56 bits per heavy atom. The molecule has 2 heterocycles. The highest BCUT2D eigenvalue weighted by atomic mass is 35.5. The van der Waals surface area contributed by atoms with Gasteiger partial charge < -0.3 is 19.7 Å². The molecule has 0 atom stereocenters. The number of carboxylic acids is 1. The zero-order chi connectivity index (χ0) is 22.7. The topological polar surface area (TPSA) is 105 Å². The van der Waals surface area contributed by atoms with Gasteiger partial charge in [0.25, 0.3) is 5.91 Å². The second kappa shape index (κ2) is 9.42. The SMILES string of the molecule is COc1ccc(CNC(=O)c2cc(-c3ccc(CN4CC(C(=O)O)C4)cc3)on2)cc1Cl. The van der Waals surface area contributed by atoms with Gasteiger partial charge in [-0.25, -0.2) is 0 Å². The van der Waals surface area contributed by atoms with Crippen molar-refractivity contribution >= 4 is 23.5 Å². The predicted molar refractivity (Wildman–Crippen MR) is 118 cm³/mol. The predicted octanol–water partition coefficient (Wildman–Crippen LogP) is 3.45. The molecule has 0 saturated carbocycles. The Morgan fingerprint density at radius 2 is 1.91 bits per heavy atom. The summed E-state index contributed by atoms with van der Waals surface area (Å²) in [5, 5.41) is 16.1. The van der Waals surface area contributed by atoms with Gasteiger partial charge in [0.15, 0.2) is 11.5 Å². The zero-order valence-electron chi connectivity index (χ0n) is 17.4. The summed E-state index contributed by atoms with van der Waals surface area (Å²) in [6.07, 6.45) is 0. The Morgan fingerprint density at radius 1 is 1.19 bits per heavy atom. The van der Waals surface area contributed by atoms with Crippen LogP contribution in [-0.2, 0) is 17.9 Å². The third-order valence-corrected chi connectivity index (χ3v) is 5.66. The largest absolute Gasteiger partial charge is 0.495 e. The van der Waals surface area contributed by atoms with Crippen LogP contribution in [0.4, 0.5) is 0 Å². The second-order valence-corrected chi connectivity index (χ2v) is 8.06. The van der Waals surface area contributed by atoms with E-state index in [-0.39, 0.29) is 17.5 Å². The highest BCUT2D eigenvalue weighted by Crippen LogP contribution is 2.25. The van der Waals surface area contributed by atoms with E-state index < -0.39 is 5.97 Å². The number of carbonyl (C=O) groups excluding carboxylic acids is 1. The van der Waals surface area contributed by atoms with Crippen LogP contribution in [0.25, 0.3) is 11.3 Å². The van der Waals surface area contributed by atoms with E-state index in [0.717, 1.165) is 16.7 Å². The van der Waals surface area contributed by atoms with E-state index in [2.05, 4.69) is 15.4 Å². The Hall–Kier alpha value is -3.36. The van der Waals surface area contributed by atoms with Crippen molar-refractivity contribution in [2.24, 2.45) is 5.92 Å². The van der Waals surface area contributed by atoms with Crippen LogP contribution in [-0.4, -0.2) is 47.2 Å². The number of carbonyl (C=O) groups is 2.